The second-order valence-electron chi connectivity index (χ2n) is 2.98. The number of carbonyl (C=O) groups is 2. The standard InChI is InChI=1S/C10H14N2O2S/c1-3-12(6-9(14)11-2)10-5-4-8(7-13)15-10/h4-5,7H,3,6H2,1-2H3,(H,11,14). The molecule has 0 aliphatic heterocycles. The molecule has 1 heterocycles. The largest absolute Gasteiger partial charge is 0.358 e. The molecule has 0 spiro atoms. The maximum absolute atomic E-state index is 11.2. The van der Waals surface area contributed by atoms with Gasteiger partial charge in [-0.25, -0.2) is 0 Å². The van der Waals surface area contributed by atoms with Gasteiger partial charge < -0.3 is 10.2 Å². The Morgan fingerprint density at radius 3 is 2.80 bits per heavy atom. The number of aldehydes is 1. The molecule has 0 fully saturated rings. The van der Waals surface area contributed by atoms with Crippen molar-refractivity contribution in [1.29, 1.82) is 0 Å². The zero-order chi connectivity index (χ0) is 11.3. The van der Waals surface area contributed by atoms with Crippen molar-refractivity contribution in [3.05, 3.63) is 17.0 Å². The van der Waals surface area contributed by atoms with E-state index in [9.17, 15) is 9.59 Å². The summed E-state index contributed by atoms with van der Waals surface area (Å²) in [6.45, 7) is 3.04. The van der Waals surface area contributed by atoms with Crippen molar-refractivity contribution in [2.75, 3.05) is 25.0 Å². The van der Waals surface area contributed by atoms with E-state index in [0.717, 1.165) is 17.8 Å². The molecular weight excluding hydrogens is 212 g/mol. The molecule has 0 atom stereocenters. The highest BCUT2D eigenvalue weighted by Crippen LogP contribution is 2.24. The van der Waals surface area contributed by atoms with E-state index in [1.54, 1.807) is 13.1 Å². The van der Waals surface area contributed by atoms with Crippen LogP contribution in [0.5, 0.6) is 0 Å². The monoisotopic (exact) mass is 226 g/mol. The Balaban J connectivity index is 2.73. The first-order valence-corrected chi connectivity index (χ1v) is 5.53. The lowest BCUT2D eigenvalue weighted by Crippen LogP contribution is -2.35. The highest BCUT2D eigenvalue weighted by molar-refractivity contribution is 7.17. The van der Waals surface area contributed by atoms with E-state index in [2.05, 4.69) is 5.32 Å². The SMILES string of the molecule is CCN(CC(=O)NC)c1ccc(C=O)s1. The van der Waals surface area contributed by atoms with E-state index in [0.29, 0.717) is 11.4 Å². The molecule has 1 N–H and O–H groups in total. The highest BCUT2D eigenvalue weighted by Gasteiger charge is 2.10. The predicted octanol–water partition coefficient (Wildman–Crippen LogP) is 1.13. The normalized spacial score (nSPS) is 9.73. The van der Waals surface area contributed by atoms with E-state index in [1.807, 2.05) is 17.9 Å². The fourth-order valence-electron chi connectivity index (χ4n) is 1.17. The number of carbonyl (C=O) groups excluding carboxylic acids is 2. The zero-order valence-corrected chi connectivity index (χ0v) is 9.63. The van der Waals surface area contributed by atoms with Crippen LogP contribution in [0, 0.1) is 0 Å². The van der Waals surface area contributed by atoms with Crippen LogP contribution < -0.4 is 10.2 Å². The van der Waals surface area contributed by atoms with Gasteiger partial charge in [0.05, 0.1) is 16.4 Å². The first kappa shape index (κ1) is 11.7. The van der Waals surface area contributed by atoms with Crippen molar-refractivity contribution in [3.8, 4) is 0 Å². The van der Waals surface area contributed by atoms with Crippen LogP contribution >= 0.6 is 11.3 Å². The average molecular weight is 226 g/mol. The summed E-state index contributed by atoms with van der Waals surface area (Å²) in [5, 5.41) is 3.52. The summed E-state index contributed by atoms with van der Waals surface area (Å²) in [6.07, 6.45) is 0.821. The summed E-state index contributed by atoms with van der Waals surface area (Å²) >= 11 is 1.40. The molecule has 0 bridgehead atoms. The second kappa shape index (κ2) is 5.50. The van der Waals surface area contributed by atoms with Crippen LogP contribution in [0.15, 0.2) is 12.1 Å². The first-order chi connectivity index (χ1) is 7.21. The van der Waals surface area contributed by atoms with E-state index < -0.39 is 0 Å². The van der Waals surface area contributed by atoms with E-state index >= 15 is 0 Å². The molecule has 82 valence electrons. The molecule has 15 heavy (non-hydrogen) atoms. The second-order valence-corrected chi connectivity index (χ2v) is 4.08. The molecule has 1 aromatic heterocycles. The number of thiophene rings is 1. The van der Waals surface area contributed by atoms with Gasteiger partial charge in [0.1, 0.15) is 0 Å². The van der Waals surface area contributed by atoms with E-state index in [4.69, 9.17) is 0 Å². The Morgan fingerprint density at radius 1 is 1.60 bits per heavy atom. The molecule has 0 aromatic carbocycles. The minimum atomic E-state index is -0.0297. The van der Waals surface area contributed by atoms with Gasteiger partial charge in [0.25, 0.3) is 0 Å². The quantitative estimate of drug-likeness (QED) is 0.766. The Hall–Kier alpha value is -1.36. The van der Waals surface area contributed by atoms with Gasteiger partial charge in [-0.2, -0.15) is 0 Å². The fraction of sp³-hybridized carbons (Fsp3) is 0.400. The Labute approximate surface area is 92.9 Å². The predicted molar refractivity (Wildman–Crippen MR) is 61.7 cm³/mol. The molecule has 0 saturated carbocycles. The maximum Gasteiger partial charge on any atom is 0.239 e. The Bertz CT molecular complexity index is 349. The summed E-state index contributed by atoms with van der Waals surface area (Å²) in [7, 11) is 1.61. The van der Waals surface area contributed by atoms with Gasteiger partial charge in [-0.15, -0.1) is 11.3 Å². The molecule has 1 amide bonds. The van der Waals surface area contributed by atoms with Crippen molar-refractivity contribution in [2.45, 2.75) is 6.92 Å². The van der Waals surface area contributed by atoms with E-state index in [1.165, 1.54) is 11.3 Å². The zero-order valence-electron chi connectivity index (χ0n) is 8.82. The number of hydrogen-bond donors (Lipinski definition) is 1. The number of nitrogens with zero attached hydrogens (tertiary/aromatic N) is 1. The van der Waals surface area contributed by atoms with Crippen LogP contribution in [0.4, 0.5) is 5.00 Å². The average Bonchev–Trinajstić information content (AvgIpc) is 2.73. The number of anilines is 1. The molecule has 1 rings (SSSR count). The molecule has 5 heteroatoms. The van der Waals surface area contributed by atoms with Crippen molar-refractivity contribution >= 4 is 28.5 Å². The van der Waals surface area contributed by atoms with Crippen LogP contribution in [-0.4, -0.2) is 32.3 Å². The maximum atomic E-state index is 11.2. The van der Waals surface area contributed by atoms with Crippen molar-refractivity contribution in [2.24, 2.45) is 0 Å². The summed E-state index contributed by atoms with van der Waals surface area (Å²) < 4.78 is 0. The summed E-state index contributed by atoms with van der Waals surface area (Å²) in [5.41, 5.74) is 0. The summed E-state index contributed by atoms with van der Waals surface area (Å²) in [5.74, 6) is -0.0297. The summed E-state index contributed by atoms with van der Waals surface area (Å²) in [4.78, 5) is 24.3. The molecule has 0 radical (unpaired) electrons. The van der Waals surface area contributed by atoms with Crippen LogP contribution in [0.1, 0.15) is 16.6 Å². The van der Waals surface area contributed by atoms with Gasteiger partial charge in [-0.3, -0.25) is 9.59 Å². The lowest BCUT2D eigenvalue weighted by molar-refractivity contribution is -0.119. The molecule has 0 aliphatic rings. The van der Waals surface area contributed by atoms with Gasteiger partial charge in [-0.1, -0.05) is 0 Å². The lowest BCUT2D eigenvalue weighted by atomic mass is 10.4. The minimum Gasteiger partial charge on any atom is -0.358 e. The number of nitrogens with one attached hydrogen (secondary N) is 1. The number of rotatable bonds is 5. The minimum absolute atomic E-state index is 0.0297. The van der Waals surface area contributed by atoms with Gasteiger partial charge in [-0.05, 0) is 19.1 Å². The molecule has 4 nitrogen and oxygen atoms in total. The Morgan fingerprint density at radius 2 is 2.33 bits per heavy atom. The fourth-order valence-corrected chi connectivity index (χ4v) is 2.06. The number of amides is 1. The van der Waals surface area contributed by atoms with Gasteiger partial charge in [0, 0.05) is 13.6 Å². The van der Waals surface area contributed by atoms with Crippen molar-refractivity contribution < 1.29 is 9.59 Å². The van der Waals surface area contributed by atoms with E-state index in [-0.39, 0.29) is 5.91 Å². The lowest BCUT2D eigenvalue weighted by Gasteiger charge is -2.19. The van der Waals surface area contributed by atoms with Crippen molar-refractivity contribution in [1.82, 2.24) is 5.32 Å². The van der Waals surface area contributed by atoms with Gasteiger partial charge in [0.2, 0.25) is 5.91 Å². The first-order valence-electron chi connectivity index (χ1n) is 4.71. The molecule has 0 saturated heterocycles. The van der Waals surface area contributed by atoms with Crippen LogP contribution in [-0.2, 0) is 4.79 Å². The smallest absolute Gasteiger partial charge is 0.239 e. The third kappa shape index (κ3) is 3.06. The highest BCUT2D eigenvalue weighted by atomic mass is 32.1. The summed E-state index contributed by atoms with van der Waals surface area (Å²) in [6, 6.07) is 3.63. The van der Waals surface area contributed by atoms with Gasteiger partial charge in [0.15, 0.2) is 6.29 Å². The van der Waals surface area contributed by atoms with Gasteiger partial charge >= 0.3 is 0 Å². The number of hydrogen-bond acceptors (Lipinski definition) is 4. The number of likely N-dealkylation sites (N-methyl/N-ethyl adjacent to an activating group) is 2. The third-order valence-electron chi connectivity index (χ3n) is 2.04. The van der Waals surface area contributed by atoms with Crippen LogP contribution in [0.2, 0.25) is 0 Å². The molecule has 0 aliphatic carbocycles. The van der Waals surface area contributed by atoms with Crippen LogP contribution in [0.25, 0.3) is 0 Å². The van der Waals surface area contributed by atoms with Crippen LogP contribution in [0.3, 0.4) is 0 Å². The third-order valence-corrected chi connectivity index (χ3v) is 3.11. The van der Waals surface area contributed by atoms with Crippen molar-refractivity contribution in [3.63, 3.8) is 0 Å². The molecular formula is C10H14N2O2S. The Kier molecular flexibility index (Phi) is 4.30. The molecule has 1 aromatic rings. The molecule has 0 unspecified atom stereocenters. The topological polar surface area (TPSA) is 49.4 Å².